The van der Waals surface area contributed by atoms with Crippen LogP contribution in [0.2, 0.25) is 0 Å². The number of aliphatic hydroxyl groups excluding tert-OH is 2. The summed E-state index contributed by atoms with van der Waals surface area (Å²) in [6.45, 7) is 6.57. The van der Waals surface area contributed by atoms with Crippen molar-refractivity contribution in [2.45, 2.75) is 76.7 Å². The zero-order valence-electron chi connectivity index (χ0n) is 28.2. The van der Waals surface area contributed by atoms with Gasteiger partial charge in [0.25, 0.3) is 0 Å². The van der Waals surface area contributed by atoms with E-state index in [9.17, 15) is 19.8 Å². The summed E-state index contributed by atoms with van der Waals surface area (Å²) in [7, 11) is 3.19. The van der Waals surface area contributed by atoms with Crippen LogP contribution in [-0.2, 0) is 20.7 Å². The van der Waals surface area contributed by atoms with Gasteiger partial charge >= 0.3 is 0 Å². The molecule has 7 atom stereocenters. The third-order valence-corrected chi connectivity index (χ3v) is 10.0. The lowest BCUT2D eigenvalue weighted by Gasteiger charge is -2.41. The number of methoxy groups -OCH3 is 2. The number of nitrogens with zero attached hydrogens (tertiary/aromatic N) is 1. The Bertz CT molecular complexity index is 1430. The highest BCUT2D eigenvalue weighted by Gasteiger charge is 2.50. The van der Waals surface area contributed by atoms with Gasteiger partial charge in [-0.1, -0.05) is 45.4 Å². The molecule has 7 unspecified atom stereocenters. The Balaban J connectivity index is 1.48. The Hall–Kier alpha value is -3.60. The van der Waals surface area contributed by atoms with Crippen molar-refractivity contribution < 1.29 is 38.7 Å². The third kappa shape index (κ3) is 7.60. The van der Waals surface area contributed by atoms with Crippen molar-refractivity contribution in [2.75, 3.05) is 40.5 Å². The number of amides is 2. The number of aliphatic hydroxyl groups is 2. The van der Waals surface area contributed by atoms with Gasteiger partial charge in [-0.15, -0.1) is 0 Å². The van der Waals surface area contributed by atoms with Crippen LogP contribution in [-0.4, -0.2) is 91.8 Å². The Morgan fingerprint density at radius 2 is 1.89 bits per heavy atom. The molecule has 0 saturated heterocycles. The lowest BCUT2D eigenvalue weighted by atomic mass is 9.75. The van der Waals surface area contributed by atoms with Crippen LogP contribution in [0.3, 0.4) is 0 Å². The maximum Gasteiger partial charge on any atom is 0.249 e. The highest BCUT2D eigenvalue weighted by Crippen LogP contribution is 2.47. The first-order valence-electron chi connectivity index (χ1n) is 16.8. The molecule has 3 N–H and O–H groups in total. The SMILES string of the molecule is COc1ccc(OC)c(CCN(C(=O)COC2CC(C)CCC2C(C)C)C2C=C(C(=O)NCCO)C3c4ccccc4OC3C2O)c1. The van der Waals surface area contributed by atoms with Gasteiger partial charge in [-0.25, -0.2) is 0 Å². The highest BCUT2D eigenvalue weighted by molar-refractivity contribution is 5.96. The van der Waals surface area contributed by atoms with Gasteiger partial charge in [-0.2, -0.15) is 0 Å². The number of ether oxygens (including phenoxy) is 4. The molecule has 2 amide bonds. The fourth-order valence-corrected chi connectivity index (χ4v) is 7.52. The first kappa shape index (κ1) is 34.7. The molecule has 3 aliphatic rings. The number of carbonyl (C=O) groups is 2. The molecule has 1 heterocycles. The van der Waals surface area contributed by atoms with Gasteiger partial charge in [0, 0.05) is 24.2 Å². The zero-order valence-corrected chi connectivity index (χ0v) is 28.2. The van der Waals surface area contributed by atoms with Crippen LogP contribution >= 0.6 is 0 Å². The van der Waals surface area contributed by atoms with E-state index < -0.39 is 24.2 Å². The van der Waals surface area contributed by atoms with Gasteiger partial charge in [0.05, 0.1) is 38.9 Å². The molecule has 0 spiro atoms. The second-order valence-corrected chi connectivity index (χ2v) is 13.4. The summed E-state index contributed by atoms with van der Waals surface area (Å²) >= 11 is 0. The third-order valence-electron chi connectivity index (χ3n) is 10.0. The molecule has 0 bridgehead atoms. The molecular weight excluding hydrogens is 600 g/mol. The van der Waals surface area contributed by atoms with E-state index in [4.69, 9.17) is 18.9 Å². The summed E-state index contributed by atoms with van der Waals surface area (Å²) in [5.41, 5.74) is 2.03. The molecular formula is C37H50N2O8. The van der Waals surface area contributed by atoms with Crippen molar-refractivity contribution in [1.29, 1.82) is 0 Å². The van der Waals surface area contributed by atoms with Crippen molar-refractivity contribution in [3.05, 3.63) is 65.2 Å². The van der Waals surface area contributed by atoms with E-state index in [1.165, 1.54) is 0 Å². The van der Waals surface area contributed by atoms with Crippen LogP contribution in [0, 0.1) is 17.8 Å². The molecule has 1 aliphatic heterocycles. The van der Waals surface area contributed by atoms with Crippen LogP contribution in [0.4, 0.5) is 0 Å². The predicted molar refractivity (Wildman–Crippen MR) is 178 cm³/mol. The second-order valence-electron chi connectivity index (χ2n) is 13.4. The number of benzene rings is 2. The summed E-state index contributed by atoms with van der Waals surface area (Å²) < 4.78 is 23.8. The smallest absolute Gasteiger partial charge is 0.249 e. The number of nitrogens with one attached hydrogen (secondary N) is 1. The van der Waals surface area contributed by atoms with Gasteiger partial charge in [0.1, 0.15) is 36.1 Å². The fourth-order valence-electron chi connectivity index (χ4n) is 7.52. The molecule has 2 aliphatic carbocycles. The van der Waals surface area contributed by atoms with Crippen molar-refractivity contribution in [3.63, 3.8) is 0 Å². The average molecular weight is 651 g/mol. The van der Waals surface area contributed by atoms with Crippen LogP contribution in [0.15, 0.2) is 54.1 Å². The van der Waals surface area contributed by atoms with E-state index in [1.54, 1.807) is 25.2 Å². The quantitative estimate of drug-likeness (QED) is 0.298. The largest absolute Gasteiger partial charge is 0.497 e. The number of hydrogen-bond acceptors (Lipinski definition) is 8. The maximum atomic E-state index is 14.3. The predicted octanol–water partition coefficient (Wildman–Crippen LogP) is 3.88. The summed E-state index contributed by atoms with van der Waals surface area (Å²) in [6, 6.07) is 12.1. The van der Waals surface area contributed by atoms with Gasteiger partial charge < -0.3 is 39.4 Å². The Kier molecular flexibility index (Phi) is 11.5. The molecule has 1 fully saturated rings. The Morgan fingerprint density at radius 1 is 1.11 bits per heavy atom. The van der Waals surface area contributed by atoms with Crippen molar-refractivity contribution in [3.8, 4) is 17.2 Å². The van der Waals surface area contributed by atoms with Crippen LogP contribution in [0.1, 0.15) is 57.1 Å². The van der Waals surface area contributed by atoms with E-state index in [0.29, 0.717) is 47.0 Å². The molecule has 2 aromatic carbocycles. The standard InChI is InChI=1S/C37H50N2O8/c1-22(2)26-12-10-23(3)18-32(26)46-21-33(41)39(16-14-24-19-25(44-4)11-13-30(24)45-5)29-20-28(37(43)38-15-17-40)34-27-8-6-7-9-31(27)47-36(34)35(29)42/h6-9,11,13,19-20,22-23,26,29,32,34-36,40,42H,10,12,14-18,21H2,1-5H3,(H,38,43). The van der Waals surface area contributed by atoms with Crippen LogP contribution in [0.25, 0.3) is 0 Å². The number of hydrogen-bond donors (Lipinski definition) is 3. The van der Waals surface area contributed by atoms with Gasteiger partial charge in [0.2, 0.25) is 11.8 Å². The topological polar surface area (TPSA) is 127 Å². The number of fused-ring (bicyclic) bond motifs is 3. The molecule has 0 aromatic heterocycles. The zero-order chi connectivity index (χ0) is 33.7. The van der Waals surface area contributed by atoms with Gasteiger partial charge in [-0.05, 0) is 72.9 Å². The molecule has 47 heavy (non-hydrogen) atoms. The number of rotatable bonds is 13. The number of para-hydroxylation sites is 1. The summed E-state index contributed by atoms with van der Waals surface area (Å²) in [5.74, 6) is 2.04. The van der Waals surface area contributed by atoms with Crippen LogP contribution < -0.4 is 19.5 Å². The lowest BCUT2D eigenvalue weighted by molar-refractivity contribution is -0.147. The molecule has 256 valence electrons. The monoisotopic (exact) mass is 650 g/mol. The van der Waals surface area contributed by atoms with Gasteiger partial charge in [0.15, 0.2) is 0 Å². The van der Waals surface area contributed by atoms with E-state index in [1.807, 2.05) is 42.5 Å². The minimum absolute atomic E-state index is 0.0354. The minimum atomic E-state index is -1.13. The van der Waals surface area contributed by atoms with Gasteiger partial charge in [-0.3, -0.25) is 9.59 Å². The summed E-state index contributed by atoms with van der Waals surface area (Å²) in [6.07, 6.45) is 3.26. The van der Waals surface area contributed by atoms with Crippen molar-refractivity contribution >= 4 is 11.8 Å². The van der Waals surface area contributed by atoms with Crippen molar-refractivity contribution in [2.24, 2.45) is 17.8 Å². The first-order valence-corrected chi connectivity index (χ1v) is 16.8. The maximum absolute atomic E-state index is 14.3. The summed E-state index contributed by atoms with van der Waals surface area (Å²) in [4.78, 5) is 29.5. The normalized spacial score (nSPS) is 26.5. The first-order chi connectivity index (χ1) is 22.7. The fraction of sp³-hybridized carbons (Fsp3) is 0.568. The van der Waals surface area contributed by atoms with Crippen molar-refractivity contribution in [1.82, 2.24) is 10.2 Å². The molecule has 10 nitrogen and oxygen atoms in total. The highest BCUT2D eigenvalue weighted by atomic mass is 16.5. The summed E-state index contributed by atoms with van der Waals surface area (Å²) in [5, 5.41) is 24.1. The lowest BCUT2D eigenvalue weighted by Crippen LogP contribution is -2.57. The van der Waals surface area contributed by atoms with E-state index in [2.05, 4.69) is 26.1 Å². The van der Waals surface area contributed by atoms with Crippen LogP contribution in [0.5, 0.6) is 17.2 Å². The number of carbonyl (C=O) groups excluding carboxylic acids is 2. The average Bonchev–Trinajstić information content (AvgIpc) is 3.47. The second kappa shape index (κ2) is 15.5. The van der Waals surface area contributed by atoms with E-state index in [0.717, 1.165) is 30.4 Å². The molecule has 0 radical (unpaired) electrons. The molecule has 10 heteroatoms. The van der Waals surface area contributed by atoms with E-state index >= 15 is 0 Å². The molecule has 5 rings (SSSR count). The minimum Gasteiger partial charge on any atom is -0.497 e. The van der Waals surface area contributed by atoms with E-state index in [-0.39, 0.29) is 44.2 Å². The Morgan fingerprint density at radius 3 is 2.62 bits per heavy atom. The molecule has 2 aromatic rings. The Labute approximate surface area is 278 Å². The molecule has 1 saturated carbocycles.